The van der Waals surface area contributed by atoms with Crippen LogP contribution in [0.5, 0.6) is 11.5 Å². The second kappa shape index (κ2) is 8.09. The Labute approximate surface area is 133 Å². The van der Waals surface area contributed by atoms with Crippen molar-refractivity contribution < 1.29 is 9.31 Å². The predicted molar refractivity (Wildman–Crippen MR) is 89.3 cm³/mol. The minimum Gasteiger partial charge on any atom is -0.526 e. The number of isothiocyanates is 2. The van der Waals surface area contributed by atoms with E-state index in [2.05, 4.69) is 44.7 Å². The van der Waals surface area contributed by atoms with Gasteiger partial charge in [0, 0.05) is 0 Å². The molecule has 0 atom stereocenters. The average molecular weight is 311 g/mol. The molecule has 0 spiro atoms. The van der Waals surface area contributed by atoms with Crippen LogP contribution < -0.4 is 9.31 Å². The third-order valence-corrected chi connectivity index (χ3v) is 2.57. The number of benzene rings is 2. The van der Waals surface area contributed by atoms with Crippen molar-refractivity contribution in [3.8, 4) is 11.5 Å². The molecule has 0 amide bonds. The molecule has 0 saturated carbocycles. The zero-order chi connectivity index (χ0) is 14.9. The smallest absolute Gasteiger partial charge is 0.526 e. The molecule has 0 aromatic heterocycles. The molecular weight excluding hydrogens is 303 g/mol. The minimum atomic E-state index is 0.625. The number of aliphatic imine (C=N–C) groups is 2. The summed E-state index contributed by atoms with van der Waals surface area (Å²) in [5.41, 5.74) is 1.43. The van der Waals surface area contributed by atoms with Gasteiger partial charge in [0.25, 0.3) is 0 Å². The van der Waals surface area contributed by atoms with E-state index in [0.29, 0.717) is 22.9 Å². The summed E-state index contributed by atoms with van der Waals surface area (Å²) in [6.07, 6.45) is 0. The van der Waals surface area contributed by atoms with Crippen LogP contribution in [0.1, 0.15) is 0 Å². The number of nitrogens with zero attached hydrogens (tertiary/aromatic N) is 2. The Balaban J connectivity index is 1.85. The number of hydrogen-bond donors (Lipinski definition) is 0. The molecule has 0 fully saturated rings. The lowest BCUT2D eigenvalue weighted by Gasteiger charge is -2.06. The highest BCUT2D eigenvalue weighted by molar-refractivity contribution is 7.78. The molecule has 0 aliphatic carbocycles. The largest absolute Gasteiger partial charge is 0.658 e. The lowest BCUT2D eigenvalue weighted by molar-refractivity contribution is 0.459. The predicted octanol–water partition coefficient (Wildman–Crippen LogP) is 4.15. The van der Waals surface area contributed by atoms with Gasteiger partial charge < -0.3 is 9.31 Å². The monoisotopic (exact) mass is 311 g/mol. The second-order valence-corrected chi connectivity index (χ2v) is 4.09. The van der Waals surface area contributed by atoms with Crippen LogP contribution in [0.4, 0.5) is 11.4 Å². The quantitative estimate of drug-likeness (QED) is 0.457. The van der Waals surface area contributed by atoms with E-state index in [0.717, 1.165) is 0 Å². The van der Waals surface area contributed by atoms with Crippen LogP contribution >= 0.6 is 24.4 Å². The van der Waals surface area contributed by atoms with Gasteiger partial charge in [-0.05, 0) is 73.0 Å². The van der Waals surface area contributed by atoms with Gasteiger partial charge in [0.15, 0.2) is 0 Å². The molecule has 0 unspecified atom stereocenters. The van der Waals surface area contributed by atoms with E-state index in [1.807, 2.05) is 0 Å². The molecule has 0 N–H and O–H groups in total. The Kier molecular flexibility index (Phi) is 5.82. The summed E-state index contributed by atoms with van der Waals surface area (Å²) in [5, 5.41) is 4.60. The summed E-state index contributed by atoms with van der Waals surface area (Å²) in [4.78, 5) is 7.69. The summed E-state index contributed by atoms with van der Waals surface area (Å²) < 4.78 is 10.7. The van der Waals surface area contributed by atoms with E-state index in [1.54, 1.807) is 48.5 Å². The van der Waals surface area contributed by atoms with Crippen LogP contribution in [0.2, 0.25) is 0 Å². The van der Waals surface area contributed by atoms with Crippen molar-refractivity contribution in [3.05, 3.63) is 48.5 Å². The Morgan fingerprint density at radius 3 is 1.43 bits per heavy atom. The summed E-state index contributed by atoms with van der Waals surface area (Å²) in [5.74, 6) is 1.25. The molecule has 101 valence electrons. The van der Waals surface area contributed by atoms with Gasteiger partial charge in [0.1, 0.15) is 11.5 Å². The van der Waals surface area contributed by atoms with Crippen LogP contribution in [0.25, 0.3) is 0 Å². The maximum Gasteiger partial charge on any atom is 0.658 e. The molecule has 0 aliphatic rings. The molecule has 0 bridgehead atoms. The van der Waals surface area contributed by atoms with Crippen molar-refractivity contribution in [1.82, 2.24) is 0 Å². The summed E-state index contributed by atoms with van der Waals surface area (Å²) in [7, 11) is 1.24. The van der Waals surface area contributed by atoms with Crippen molar-refractivity contribution in [1.29, 1.82) is 0 Å². The lowest BCUT2D eigenvalue weighted by atomic mass is 10.2. The van der Waals surface area contributed by atoms with Gasteiger partial charge in [-0.3, -0.25) is 0 Å². The van der Waals surface area contributed by atoms with Crippen LogP contribution in [0.3, 0.4) is 0 Å². The summed E-state index contributed by atoms with van der Waals surface area (Å²) in [6.45, 7) is 0. The van der Waals surface area contributed by atoms with E-state index in [-0.39, 0.29) is 0 Å². The van der Waals surface area contributed by atoms with Crippen LogP contribution in [-0.4, -0.2) is 18.0 Å². The first-order chi connectivity index (χ1) is 10.3. The fourth-order valence-electron chi connectivity index (χ4n) is 1.44. The standard InChI is InChI=1S/C14H8BN2O2S2/c20-9-16-11-1-5-13(6-2-11)18-15-19-14-7-3-12(4-8-14)17-10-21/h1-8H. The zero-order valence-corrected chi connectivity index (χ0v) is 12.4. The molecule has 2 aromatic carbocycles. The minimum absolute atomic E-state index is 0.625. The van der Waals surface area contributed by atoms with Crippen molar-refractivity contribution >= 4 is 53.8 Å². The summed E-state index contributed by atoms with van der Waals surface area (Å²) >= 11 is 9.05. The molecule has 7 heteroatoms. The highest BCUT2D eigenvalue weighted by atomic mass is 32.1. The fraction of sp³-hybridized carbons (Fsp3) is 0. The molecular formula is C14H8BN2O2S2. The van der Waals surface area contributed by atoms with Crippen molar-refractivity contribution in [3.63, 3.8) is 0 Å². The lowest BCUT2D eigenvalue weighted by Crippen LogP contribution is -2.10. The molecule has 4 nitrogen and oxygen atoms in total. The molecule has 0 aliphatic heterocycles. The molecule has 0 heterocycles. The van der Waals surface area contributed by atoms with E-state index in [4.69, 9.17) is 9.31 Å². The van der Waals surface area contributed by atoms with E-state index in [9.17, 15) is 0 Å². The van der Waals surface area contributed by atoms with Gasteiger partial charge in [-0.15, -0.1) is 0 Å². The van der Waals surface area contributed by atoms with Gasteiger partial charge in [-0.2, -0.15) is 9.98 Å². The van der Waals surface area contributed by atoms with Gasteiger partial charge in [-0.1, -0.05) is 0 Å². The third kappa shape index (κ3) is 4.95. The Morgan fingerprint density at radius 2 is 1.10 bits per heavy atom. The third-order valence-electron chi connectivity index (χ3n) is 2.39. The Bertz CT molecular complexity index is 630. The van der Waals surface area contributed by atoms with E-state index < -0.39 is 0 Å². The first kappa shape index (κ1) is 15.1. The average Bonchev–Trinajstić information content (AvgIpc) is 2.51. The molecule has 21 heavy (non-hydrogen) atoms. The normalized spacial score (nSPS) is 8.95. The van der Waals surface area contributed by atoms with E-state index >= 15 is 0 Å². The van der Waals surface area contributed by atoms with Gasteiger partial charge in [-0.25, -0.2) is 0 Å². The van der Waals surface area contributed by atoms with Crippen LogP contribution in [0.15, 0.2) is 58.5 Å². The maximum absolute atomic E-state index is 5.33. The van der Waals surface area contributed by atoms with Crippen molar-refractivity contribution in [2.75, 3.05) is 0 Å². The first-order valence-electron chi connectivity index (χ1n) is 5.83. The van der Waals surface area contributed by atoms with Crippen LogP contribution in [-0.2, 0) is 0 Å². The second-order valence-electron chi connectivity index (χ2n) is 3.73. The highest BCUT2D eigenvalue weighted by Gasteiger charge is 2.02. The Hall–Kier alpha value is -2.30. The zero-order valence-electron chi connectivity index (χ0n) is 10.7. The van der Waals surface area contributed by atoms with Gasteiger partial charge >= 0.3 is 7.69 Å². The highest BCUT2D eigenvalue weighted by Crippen LogP contribution is 2.19. The van der Waals surface area contributed by atoms with Crippen LogP contribution in [0, 0.1) is 0 Å². The van der Waals surface area contributed by atoms with Gasteiger partial charge in [0.05, 0.1) is 21.7 Å². The first-order valence-corrected chi connectivity index (χ1v) is 6.64. The Morgan fingerprint density at radius 1 is 0.714 bits per heavy atom. The van der Waals surface area contributed by atoms with Crippen molar-refractivity contribution in [2.45, 2.75) is 0 Å². The van der Waals surface area contributed by atoms with Gasteiger partial charge in [0.2, 0.25) is 0 Å². The molecule has 2 rings (SSSR count). The fourth-order valence-corrected chi connectivity index (χ4v) is 1.65. The molecule has 1 radical (unpaired) electrons. The number of thiocarbonyl (C=S) groups is 2. The maximum atomic E-state index is 5.33. The summed E-state index contributed by atoms with van der Waals surface area (Å²) in [6, 6.07) is 14.1. The number of rotatable bonds is 6. The topological polar surface area (TPSA) is 43.2 Å². The SMILES string of the molecule is S=C=Nc1ccc(O[B]Oc2ccc(N=C=S)cc2)cc1. The van der Waals surface area contributed by atoms with Crippen molar-refractivity contribution in [2.24, 2.45) is 9.98 Å². The molecule has 2 aromatic rings. The number of hydrogen-bond acceptors (Lipinski definition) is 6. The molecule has 0 saturated heterocycles. The van der Waals surface area contributed by atoms with E-state index in [1.165, 1.54) is 7.69 Å².